The van der Waals surface area contributed by atoms with Crippen molar-refractivity contribution >= 4 is 0 Å². The molecule has 0 heterocycles. The van der Waals surface area contributed by atoms with E-state index in [2.05, 4.69) is 25.1 Å². The van der Waals surface area contributed by atoms with Gasteiger partial charge in [0.15, 0.2) is 0 Å². The predicted octanol–water partition coefficient (Wildman–Crippen LogP) is 3.66. The molecule has 2 N–H and O–H groups in total. The van der Waals surface area contributed by atoms with Crippen molar-refractivity contribution in [2.24, 2.45) is 17.3 Å². The first-order valence-corrected chi connectivity index (χ1v) is 9.50. The maximum atomic E-state index is 11.0. The van der Waals surface area contributed by atoms with Gasteiger partial charge >= 0.3 is 0 Å². The van der Waals surface area contributed by atoms with Gasteiger partial charge in [-0.2, -0.15) is 0 Å². The van der Waals surface area contributed by atoms with Gasteiger partial charge in [-0.05, 0) is 85.0 Å². The second-order valence-electron chi connectivity index (χ2n) is 8.59. The first kappa shape index (κ1) is 16.4. The first-order valence-electron chi connectivity index (χ1n) is 9.50. The molecule has 24 heavy (non-hydrogen) atoms. The molecule has 0 unspecified atom stereocenters. The number of aliphatic hydroxyl groups is 2. The summed E-state index contributed by atoms with van der Waals surface area (Å²) in [5, 5.41) is 21.8. The van der Waals surface area contributed by atoms with E-state index in [9.17, 15) is 10.2 Å². The molecule has 0 bridgehead atoms. The summed E-state index contributed by atoms with van der Waals surface area (Å²) in [6, 6.07) is 6.54. The summed E-state index contributed by atoms with van der Waals surface area (Å²) in [4.78, 5) is 0. The lowest BCUT2D eigenvalue weighted by molar-refractivity contribution is -0.101. The van der Waals surface area contributed by atoms with Crippen LogP contribution in [-0.2, 0) is 6.42 Å². The van der Waals surface area contributed by atoms with Crippen molar-refractivity contribution in [3.05, 3.63) is 29.3 Å². The van der Waals surface area contributed by atoms with Gasteiger partial charge in [0.05, 0.1) is 18.8 Å². The van der Waals surface area contributed by atoms with E-state index in [0.717, 1.165) is 37.9 Å². The molecule has 2 fully saturated rings. The maximum Gasteiger partial charge on any atom is 0.119 e. The number of hydrogen-bond donors (Lipinski definition) is 2. The minimum absolute atomic E-state index is 0.129. The molecule has 0 spiro atoms. The smallest absolute Gasteiger partial charge is 0.119 e. The zero-order valence-electron chi connectivity index (χ0n) is 15.1. The van der Waals surface area contributed by atoms with E-state index in [1.165, 1.54) is 11.1 Å². The number of fused-ring (bicyclic) bond motifs is 5. The van der Waals surface area contributed by atoms with Gasteiger partial charge in [0, 0.05) is 0 Å². The van der Waals surface area contributed by atoms with Crippen LogP contribution in [0, 0.1) is 17.3 Å². The second-order valence-corrected chi connectivity index (χ2v) is 8.59. The van der Waals surface area contributed by atoms with Crippen molar-refractivity contribution in [2.75, 3.05) is 7.11 Å². The minimum atomic E-state index is -0.894. The molecule has 1 aromatic carbocycles. The van der Waals surface area contributed by atoms with Crippen molar-refractivity contribution in [3.63, 3.8) is 0 Å². The molecule has 3 aliphatic rings. The molecule has 1 aromatic rings. The number of methoxy groups -OCH3 is 1. The first-order chi connectivity index (χ1) is 11.4. The summed E-state index contributed by atoms with van der Waals surface area (Å²) in [6.45, 7) is 4.22. The highest BCUT2D eigenvalue weighted by molar-refractivity contribution is 5.41. The highest BCUT2D eigenvalue weighted by Gasteiger charge is 2.62. The summed E-state index contributed by atoms with van der Waals surface area (Å²) in [5.74, 6) is 2.53. The van der Waals surface area contributed by atoms with Crippen molar-refractivity contribution in [1.29, 1.82) is 0 Å². The molecule has 2 saturated carbocycles. The molecule has 3 heteroatoms. The standard InChI is InChI=1S/C21H30O3/c1-4-21(23)12-18-17-7-5-13-11-14(24-3)6-8-15(13)16(17)9-10-20(18,2)19(21)22/h6,8,11,16-19,22-23H,4-5,7,9-10,12H2,1-3H3/t16-,17+,18-,19-,20-,21+/m0/s1. The maximum absolute atomic E-state index is 11.0. The number of benzene rings is 1. The monoisotopic (exact) mass is 330 g/mol. The van der Waals surface area contributed by atoms with Crippen LogP contribution in [-0.4, -0.2) is 29.0 Å². The molecule has 0 amide bonds. The summed E-state index contributed by atoms with van der Waals surface area (Å²) in [7, 11) is 1.73. The Morgan fingerprint density at radius 2 is 2.08 bits per heavy atom. The van der Waals surface area contributed by atoms with Crippen LogP contribution in [0.25, 0.3) is 0 Å². The van der Waals surface area contributed by atoms with Crippen molar-refractivity contribution in [2.45, 2.75) is 70.0 Å². The van der Waals surface area contributed by atoms with Crippen LogP contribution in [0.2, 0.25) is 0 Å². The van der Waals surface area contributed by atoms with Gasteiger partial charge in [0.2, 0.25) is 0 Å². The van der Waals surface area contributed by atoms with E-state index in [1.54, 1.807) is 7.11 Å². The summed E-state index contributed by atoms with van der Waals surface area (Å²) in [5.41, 5.74) is 1.89. The summed E-state index contributed by atoms with van der Waals surface area (Å²) < 4.78 is 5.39. The predicted molar refractivity (Wildman–Crippen MR) is 94.2 cm³/mol. The van der Waals surface area contributed by atoms with Crippen LogP contribution >= 0.6 is 0 Å². The van der Waals surface area contributed by atoms with Crippen LogP contribution in [0.15, 0.2) is 18.2 Å². The van der Waals surface area contributed by atoms with Crippen LogP contribution in [0.3, 0.4) is 0 Å². The lowest BCUT2D eigenvalue weighted by Crippen LogP contribution is -2.47. The van der Waals surface area contributed by atoms with Gasteiger partial charge in [0.1, 0.15) is 5.75 Å². The van der Waals surface area contributed by atoms with E-state index in [0.29, 0.717) is 24.2 Å². The van der Waals surface area contributed by atoms with Gasteiger partial charge in [-0.1, -0.05) is 19.9 Å². The van der Waals surface area contributed by atoms with E-state index >= 15 is 0 Å². The Hall–Kier alpha value is -1.06. The average Bonchev–Trinajstić information content (AvgIpc) is 2.82. The number of ether oxygens (including phenoxy) is 1. The highest BCUT2D eigenvalue weighted by atomic mass is 16.5. The Morgan fingerprint density at radius 1 is 1.29 bits per heavy atom. The minimum Gasteiger partial charge on any atom is -0.497 e. The molecule has 132 valence electrons. The quantitative estimate of drug-likeness (QED) is 0.870. The molecule has 0 aliphatic heterocycles. The van der Waals surface area contributed by atoms with Gasteiger partial charge in [0.25, 0.3) is 0 Å². The molecule has 4 rings (SSSR count). The normalized spacial score (nSPS) is 43.7. The third-order valence-corrected chi connectivity index (χ3v) is 7.69. The number of aryl methyl sites for hydroxylation is 1. The third-order valence-electron chi connectivity index (χ3n) is 7.69. The van der Waals surface area contributed by atoms with Crippen molar-refractivity contribution < 1.29 is 14.9 Å². The highest BCUT2D eigenvalue weighted by Crippen LogP contribution is 2.63. The van der Waals surface area contributed by atoms with E-state index < -0.39 is 11.7 Å². The Balaban J connectivity index is 1.69. The summed E-state index contributed by atoms with van der Waals surface area (Å²) >= 11 is 0. The topological polar surface area (TPSA) is 49.7 Å². The largest absolute Gasteiger partial charge is 0.497 e. The number of rotatable bonds is 2. The second kappa shape index (κ2) is 5.47. The Bertz CT molecular complexity index is 642. The Kier molecular flexibility index (Phi) is 3.74. The number of aliphatic hydroxyl groups excluding tert-OH is 1. The molecule has 0 radical (unpaired) electrons. The van der Waals surface area contributed by atoms with Gasteiger partial charge in [-0.25, -0.2) is 0 Å². The molecule has 6 atom stereocenters. The van der Waals surface area contributed by atoms with Crippen LogP contribution < -0.4 is 4.74 Å². The fraction of sp³-hybridized carbons (Fsp3) is 0.714. The lowest BCUT2D eigenvalue weighted by Gasteiger charge is -2.50. The molecule has 3 nitrogen and oxygen atoms in total. The average molecular weight is 330 g/mol. The van der Waals surface area contributed by atoms with Crippen molar-refractivity contribution in [1.82, 2.24) is 0 Å². The van der Waals surface area contributed by atoms with Crippen LogP contribution in [0.1, 0.15) is 63.0 Å². The molecular weight excluding hydrogens is 300 g/mol. The Morgan fingerprint density at radius 3 is 2.79 bits per heavy atom. The van der Waals surface area contributed by atoms with Crippen LogP contribution in [0.4, 0.5) is 0 Å². The number of hydrogen-bond acceptors (Lipinski definition) is 3. The van der Waals surface area contributed by atoms with Gasteiger partial charge in [-0.3, -0.25) is 0 Å². The zero-order valence-corrected chi connectivity index (χ0v) is 15.1. The summed E-state index contributed by atoms with van der Waals surface area (Å²) in [6.07, 6.45) is 5.19. The van der Waals surface area contributed by atoms with Gasteiger partial charge in [-0.15, -0.1) is 0 Å². The fourth-order valence-electron chi connectivity index (χ4n) is 6.20. The van der Waals surface area contributed by atoms with E-state index in [4.69, 9.17) is 4.74 Å². The molecular formula is C21H30O3. The fourth-order valence-corrected chi connectivity index (χ4v) is 6.20. The van der Waals surface area contributed by atoms with E-state index in [1.807, 2.05) is 6.92 Å². The van der Waals surface area contributed by atoms with Gasteiger partial charge < -0.3 is 14.9 Å². The van der Waals surface area contributed by atoms with E-state index in [-0.39, 0.29) is 5.41 Å². The molecule has 3 aliphatic carbocycles. The molecule has 0 saturated heterocycles. The van der Waals surface area contributed by atoms with Crippen molar-refractivity contribution in [3.8, 4) is 5.75 Å². The third kappa shape index (κ3) is 2.10. The lowest BCUT2D eigenvalue weighted by atomic mass is 9.55. The van der Waals surface area contributed by atoms with Crippen LogP contribution in [0.5, 0.6) is 5.75 Å². The Labute approximate surface area is 145 Å². The SMILES string of the molecule is CC[C@@]1(O)C[C@H]2[C@@H]3CCc4cc(OC)ccc4[C@@H]3CC[C@]2(C)[C@@H]1O. The zero-order chi connectivity index (χ0) is 17.1. The molecule has 0 aromatic heterocycles.